The number of carboxylic acid groups (broad SMARTS) is 1. The Labute approximate surface area is 218 Å². The third-order valence-corrected chi connectivity index (χ3v) is 6.69. The SMILES string of the molecule is C=CC[C@@H](C(=O)O)N1C(=O)[C@@H](Cc2ccc(F)cc2)O[C@H](c2ccc(Cl)cc2)[C@@H]1c1ccc(Cl)cc1. The van der Waals surface area contributed by atoms with Crippen molar-refractivity contribution in [2.45, 2.75) is 37.1 Å². The Hall–Kier alpha value is -3.19. The molecule has 4 atom stereocenters. The Morgan fingerprint density at radius 3 is 2.08 bits per heavy atom. The minimum atomic E-state index is -1.18. The fourth-order valence-corrected chi connectivity index (χ4v) is 4.73. The highest BCUT2D eigenvalue weighted by Crippen LogP contribution is 2.44. The number of hydrogen-bond acceptors (Lipinski definition) is 3. The zero-order chi connectivity index (χ0) is 25.8. The quantitative estimate of drug-likeness (QED) is 0.343. The Morgan fingerprint density at radius 1 is 1.00 bits per heavy atom. The van der Waals surface area contributed by atoms with E-state index in [4.69, 9.17) is 27.9 Å². The van der Waals surface area contributed by atoms with Crippen molar-refractivity contribution in [3.63, 3.8) is 0 Å². The zero-order valence-corrected chi connectivity index (χ0v) is 20.7. The molecular weight excluding hydrogens is 504 g/mol. The Balaban J connectivity index is 1.85. The van der Waals surface area contributed by atoms with Crippen LogP contribution in [0.25, 0.3) is 0 Å². The number of hydrogen-bond donors (Lipinski definition) is 1. The summed E-state index contributed by atoms with van der Waals surface area (Å²) in [5, 5.41) is 11.2. The second-order valence-electron chi connectivity index (χ2n) is 8.55. The predicted octanol–water partition coefficient (Wildman–Crippen LogP) is 6.41. The van der Waals surface area contributed by atoms with Gasteiger partial charge in [0.2, 0.25) is 0 Å². The molecule has 1 saturated heterocycles. The van der Waals surface area contributed by atoms with E-state index in [1.54, 1.807) is 60.7 Å². The summed E-state index contributed by atoms with van der Waals surface area (Å²) in [5.74, 6) is -2.02. The van der Waals surface area contributed by atoms with Gasteiger partial charge in [-0.1, -0.05) is 65.7 Å². The van der Waals surface area contributed by atoms with Crippen molar-refractivity contribution < 1.29 is 23.8 Å². The number of carbonyl (C=O) groups excluding carboxylic acids is 1. The second kappa shape index (κ2) is 11.2. The summed E-state index contributed by atoms with van der Waals surface area (Å²) in [6.07, 6.45) is -0.0354. The Morgan fingerprint density at radius 2 is 1.56 bits per heavy atom. The zero-order valence-electron chi connectivity index (χ0n) is 19.2. The van der Waals surface area contributed by atoms with Crippen molar-refractivity contribution >= 4 is 35.1 Å². The van der Waals surface area contributed by atoms with Crippen LogP contribution in [0.15, 0.2) is 85.5 Å². The number of nitrogens with zero attached hydrogens (tertiary/aromatic N) is 1. The van der Waals surface area contributed by atoms with Gasteiger partial charge in [0.05, 0.1) is 6.04 Å². The largest absolute Gasteiger partial charge is 0.480 e. The first-order chi connectivity index (χ1) is 17.3. The van der Waals surface area contributed by atoms with Gasteiger partial charge in [-0.2, -0.15) is 0 Å². The highest BCUT2D eigenvalue weighted by molar-refractivity contribution is 6.30. The Kier molecular flexibility index (Phi) is 8.09. The summed E-state index contributed by atoms with van der Waals surface area (Å²) >= 11 is 12.2. The van der Waals surface area contributed by atoms with Crippen LogP contribution in [0.3, 0.4) is 0 Å². The highest BCUT2D eigenvalue weighted by Gasteiger charge is 2.48. The fraction of sp³-hybridized carbons (Fsp3) is 0.214. The molecule has 0 aliphatic carbocycles. The van der Waals surface area contributed by atoms with Crippen LogP contribution in [-0.2, 0) is 20.7 Å². The summed E-state index contributed by atoms with van der Waals surface area (Å²) in [4.78, 5) is 27.7. The number of ether oxygens (including phenoxy) is 1. The third kappa shape index (κ3) is 5.62. The first-order valence-electron chi connectivity index (χ1n) is 11.3. The molecule has 0 aromatic heterocycles. The van der Waals surface area contributed by atoms with E-state index in [-0.39, 0.29) is 12.8 Å². The molecule has 1 heterocycles. The standard InChI is InChI=1S/C28H24Cl2FNO4/c1-2-3-23(28(34)35)32-25(18-6-10-20(29)11-7-18)26(19-8-12-21(30)13-9-19)36-24(27(32)33)16-17-4-14-22(31)15-5-17/h2,4-15,23-26H,1,3,16H2,(H,34,35)/t23-,24+,25-,26+/m0/s1. The van der Waals surface area contributed by atoms with E-state index >= 15 is 0 Å². The van der Waals surface area contributed by atoms with Crippen molar-refractivity contribution in [1.82, 2.24) is 4.90 Å². The van der Waals surface area contributed by atoms with Crippen LogP contribution in [0.5, 0.6) is 0 Å². The lowest BCUT2D eigenvalue weighted by atomic mass is 9.89. The van der Waals surface area contributed by atoms with E-state index in [1.165, 1.54) is 23.1 Å². The average molecular weight is 528 g/mol. The molecule has 0 saturated carbocycles. The van der Waals surface area contributed by atoms with Crippen LogP contribution in [-0.4, -0.2) is 34.0 Å². The van der Waals surface area contributed by atoms with E-state index < -0.39 is 42.0 Å². The number of carboxylic acids is 1. The van der Waals surface area contributed by atoms with E-state index in [0.717, 1.165) is 5.56 Å². The molecule has 0 spiro atoms. The van der Waals surface area contributed by atoms with E-state index in [9.17, 15) is 19.1 Å². The lowest BCUT2D eigenvalue weighted by Crippen LogP contribution is -2.57. The topological polar surface area (TPSA) is 66.8 Å². The van der Waals surface area contributed by atoms with Crippen molar-refractivity contribution in [3.05, 3.63) is 118 Å². The van der Waals surface area contributed by atoms with Crippen LogP contribution < -0.4 is 0 Å². The van der Waals surface area contributed by atoms with Crippen LogP contribution in [0.4, 0.5) is 4.39 Å². The Bertz CT molecular complexity index is 1230. The summed E-state index contributed by atoms with van der Waals surface area (Å²) in [5.41, 5.74) is 2.08. The number of rotatable bonds is 8. The molecule has 1 fully saturated rings. The van der Waals surface area contributed by atoms with Gasteiger partial charge >= 0.3 is 5.97 Å². The van der Waals surface area contributed by atoms with E-state index in [1.807, 2.05) is 0 Å². The van der Waals surface area contributed by atoms with Gasteiger partial charge in [-0.15, -0.1) is 6.58 Å². The molecular formula is C28H24Cl2FNO4. The van der Waals surface area contributed by atoms with Crippen LogP contribution in [0.1, 0.15) is 35.3 Å². The van der Waals surface area contributed by atoms with Crippen molar-refractivity contribution in [2.75, 3.05) is 0 Å². The molecule has 186 valence electrons. The number of aliphatic carboxylic acids is 1. The first-order valence-corrected chi connectivity index (χ1v) is 12.1. The summed E-state index contributed by atoms with van der Waals surface area (Å²) < 4.78 is 19.9. The molecule has 0 bridgehead atoms. The third-order valence-electron chi connectivity index (χ3n) is 6.18. The smallest absolute Gasteiger partial charge is 0.326 e. The van der Waals surface area contributed by atoms with Gasteiger partial charge in [0, 0.05) is 16.5 Å². The molecule has 3 aromatic rings. The molecule has 8 heteroatoms. The summed E-state index contributed by atoms with van der Waals surface area (Å²) in [6.45, 7) is 3.69. The number of halogens is 3. The maximum atomic E-state index is 13.9. The number of benzene rings is 3. The molecule has 36 heavy (non-hydrogen) atoms. The van der Waals surface area contributed by atoms with Gasteiger partial charge in [-0.25, -0.2) is 9.18 Å². The van der Waals surface area contributed by atoms with Gasteiger partial charge in [0.15, 0.2) is 0 Å². The molecule has 1 aliphatic heterocycles. The maximum absolute atomic E-state index is 13.9. The van der Waals surface area contributed by atoms with E-state index in [2.05, 4.69) is 6.58 Å². The number of amides is 1. The minimum Gasteiger partial charge on any atom is -0.480 e. The molecule has 1 aliphatic rings. The maximum Gasteiger partial charge on any atom is 0.326 e. The molecule has 5 nitrogen and oxygen atoms in total. The molecule has 1 amide bonds. The van der Waals surface area contributed by atoms with Gasteiger partial charge in [-0.3, -0.25) is 4.79 Å². The monoisotopic (exact) mass is 527 g/mol. The number of carbonyl (C=O) groups is 2. The first kappa shape index (κ1) is 25.9. The minimum absolute atomic E-state index is 0.0434. The molecule has 0 radical (unpaired) electrons. The molecule has 3 aromatic carbocycles. The van der Waals surface area contributed by atoms with Crippen LogP contribution >= 0.6 is 23.2 Å². The van der Waals surface area contributed by atoms with Gasteiger partial charge < -0.3 is 14.7 Å². The van der Waals surface area contributed by atoms with Gasteiger partial charge in [0.1, 0.15) is 24.1 Å². The molecule has 1 N–H and O–H groups in total. The second-order valence-corrected chi connectivity index (χ2v) is 9.42. The van der Waals surface area contributed by atoms with Crippen molar-refractivity contribution in [1.29, 1.82) is 0 Å². The molecule has 0 unspecified atom stereocenters. The van der Waals surface area contributed by atoms with Crippen LogP contribution in [0, 0.1) is 5.82 Å². The predicted molar refractivity (Wildman–Crippen MR) is 136 cm³/mol. The van der Waals surface area contributed by atoms with Crippen molar-refractivity contribution in [2.24, 2.45) is 0 Å². The van der Waals surface area contributed by atoms with Crippen molar-refractivity contribution in [3.8, 4) is 0 Å². The normalized spacial score (nSPS) is 20.7. The fourth-order valence-electron chi connectivity index (χ4n) is 4.48. The lowest BCUT2D eigenvalue weighted by molar-refractivity contribution is -0.184. The van der Waals surface area contributed by atoms with Crippen LogP contribution in [0.2, 0.25) is 10.0 Å². The molecule has 4 rings (SSSR count). The summed E-state index contributed by atoms with van der Waals surface area (Å²) in [6, 6.07) is 17.8. The van der Waals surface area contributed by atoms with Gasteiger partial charge in [-0.05, 0) is 59.5 Å². The lowest BCUT2D eigenvalue weighted by Gasteiger charge is -2.47. The average Bonchev–Trinajstić information content (AvgIpc) is 2.86. The van der Waals surface area contributed by atoms with E-state index in [0.29, 0.717) is 21.2 Å². The number of morpholine rings is 1. The highest BCUT2D eigenvalue weighted by atomic mass is 35.5. The summed E-state index contributed by atoms with van der Waals surface area (Å²) in [7, 11) is 0. The van der Waals surface area contributed by atoms with Gasteiger partial charge in [0.25, 0.3) is 5.91 Å².